The van der Waals surface area contributed by atoms with Gasteiger partial charge in [0.2, 0.25) is 21.8 Å². The third-order valence-corrected chi connectivity index (χ3v) is 6.27. The van der Waals surface area contributed by atoms with E-state index in [0.29, 0.717) is 12.8 Å². The second-order valence-electron chi connectivity index (χ2n) is 6.61. The highest BCUT2D eigenvalue weighted by molar-refractivity contribution is 7.89. The number of primary amides is 1. The molecular formula is C17H25N3O4S. The van der Waals surface area contributed by atoms with E-state index >= 15 is 0 Å². The average molecular weight is 367 g/mol. The number of carbonyl (C=O) groups excluding carboxylic acids is 2. The molecule has 7 nitrogen and oxygen atoms in total. The van der Waals surface area contributed by atoms with E-state index in [-0.39, 0.29) is 29.9 Å². The molecule has 1 atom stereocenters. The Morgan fingerprint density at radius 3 is 2.40 bits per heavy atom. The van der Waals surface area contributed by atoms with Crippen molar-refractivity contribution in [3.63, 3.8) is 0 Å². The normalized spacial score (nSPS) is 18.5. The Morgan fingerprint density at radius 2 is 1.88 bits per heavy atom. The van der Waals surface area contributed by atoms with Crippen molar-refractivity contribution in [2.45, 2.75) is 50.6 Å². The third-order valence-electron chi connectivity index (χ3n) is 4.35. The molecular weight excluding hydrogens is 342 g/mol. The quantitative estimate of drug-likeness (QED) is 0.806. The van der Waals surface area contributed by atoms with Gasteiger partial charge in [0.25, 0.3) is 0 Å². The smallest absolute Gasteiger partial charge is 0.243 e. The van der Waals surface area contributed by atoms with Gasteiger partial charge in [-0.05, 0) is 45.7 Å². The molecule has 1 fully saturated rings. The topological polar surface area (TPSA) is 101 Å². The van der Waals surface area contributed by atoms with Gasteiger partial charge in [0.05, 0.1) is 11.4 Å². The van der Waals surface area contributed by atoms with Crippen molar-refractivity contribution in [3.8, 4) is 0 Å². The summed E-state index contributed by atoms with van der Waals surface area (Å²) < 4.78 is 27.1. The number of amides is 2. The minimum absolute atomic E-state index is 0.170. The Balaban J connectivity index is 2.30. The average Bonchev–Trinajstić information content (AvgIpc) is 3.02. The van der Waals surface area contributed by atoms with Gasteiger partial charge < -0.3 is 10.6 Å². The lowest BCUT2D eigenvalue weighted by atomic mass is 10.1. The predicted molar refractivity (Wildman–Crippen MR) is 94.1 cm³/mol. The summed E-state index contributed by atoms with van der Waals surface area (Å²) in [5.74, 6) is -0.991. The predicted octanol–water partition coefficient (Wildman–Crippen LogP) is 0.870. The Bertz CT molecular complexity index is 744. The van der Waals surface area contributed by atoms with Crippen LogP contribution in [-0.4, -0.2) is 54.6 Å². The van der Waals surface area contributed by atoms with Crippen molar-refractivity contribution in [1.82, 2.24) is 9.21 Å². The second kappa shape index (κ2) is 7.53. The van der Waals surface area contributed by atoms with Gasteiger partial charge in [0.1, 0.15) is 6.04 Å². The van der Waals surface area contributed by atoms with Crippen LogP contribution in [0.4, 0.5) is 0 Å². The van der Waals surface area contributed by atoms with Crippen LogP contribution in [0.15, 0.2) is 29.2 Å². The van der Waals surface area contributed by atoms with Gasteiger partial charge in [-0.15, -0.1) is 0 Å². The summed E-state index contributed by atoms with van der Waals surface area (Å²) in [6.07, 6.45) is 1.04. The Morgan fingerprint density at radius 1 is 1.28 bits per heavy atom. The van der Waals surface area contributed by atoms with Crippen molar-refractivity contribution in [2.24, 2.45) is 5.73 Å². The molecule has 1 aliphatic rings. The van der Waals surface area contributed by atoms with Crippen LogP contribution in [0.1, 0.15) is 32.3 Å². The van der Waals surface area contributed by atoms with Gasteiger partial charge in [0.15, 0.2) is 0 Å². The maximum absolute atomic E-state index is 12.9. The zero-order valence-corrected chi connectivity index (χ0v) is 15.6. The van der Waals surface area contributed by atoms with Crippen LogP contribution in [0.2, 0.25) is 0 Å². The van der Waals surface area contributed by atoms with Crippen LogP contribution < -0.4 is 5.73 Å². The summed E-state index contributed by atoms with van der Waals surface area (Å²) in [5, 5.41) is 0. The zero-order chi connectivity index (χ0) is 18.8. The number of nitrogens with zero attached hydrogens (tertiary/aromatic N) is 2. The molecule has 0 bridgehead atoms. The summed E-state index contributed by atoms with van der Waals surface area (Å²) in [7, 11) is -3.77. The van der Waals surface area contributed by atoms with E-state index in [1.807, 2.05) is 6.92 Å². The molecule has 138 valence electrons. The van der Waals surface area contributed by atoms with E-state index in [9.17, 15) is 18.0 Å². The van der Waals surface area contributed by atoms with Gasteiger partial charge in [-0.25, -0.2) is 8.42 Å². The van der Waals surface area contributed by atoms with Gasteiger partial charge in [-0.1, -0.05) is 17.7 Å². The van der Waals surface area contributed by atoms with E-state index in [2.05, 4.69) is 0 Å². The molecule has 1 aliphatic heterocycles. The van der Waals surface area contributed by atoms with Crippen molar-refractivity contribution in [3.05, 3.63) is 29.8 Å². The van der Waals surface area contributed by atoms with Gasteiger partial charge in [0, 0.05) is 12.6 Å². The highest BCUT2D eigenvalue weighted by Crippen LogP contribution is 2.28. The summed E-state index contributed by atoms with van der Waals surface area (Å²) in [6, 6.07) is 5.51. The summed E-state index contributed by atoms with van der Waals surface area (Å²) in [5.41, 5.74) is 6.19. The number of hydrogen-bond acceptors (Lipinski definition) is 4. The molecule has 0 saturated carbocycles. The lowest BCUT2D eigenvalue weighted by Crippen LogP contribution is -2.52. The summed E-state index contributed by atoms with van der Waals surface area (Å²) in [6.45, 7) is 5.49. The third kappa shape index (κ3) is 4.19. The standard InChI is InChI=1S/C17H25N3O4S/c1-12(2)19(11-16(18)21)17(22)15-5-4-10-20(15)25(23,24)14-8-6-13(3)7-9-14/h6-9,12,15H,4-5,10-11H2,1-3H3,(H2,18,21)/t15-/m1/s1. The SMILES string of the molecule is Cc1ccc(S(=O)(=O)N2CCC[C@@H]2C(=O)N(CC(N)=O)C(C)C)cc1. The fraction of sp³-hybridized carbons (Fsp3) is 0.529. The van der Waals surface area contributed by atoms with E-state index in [1.165, 1.54) is 9.21 Å². The molecule has 0 aromatic heterocycles. The monoisotopic (exact) mass is 367 g/mol. The fourth-order valence-corrected chi connectivity index (χ4v) is 4.65. The van der Waals surface area contributed by atoms with E-state index < -0.39 is 22.0 Å². The van der Waals surface area contributed by atoms with Crippen LogP contribution in [0.25, 0.3) is 0 Å². The molecule has 1 aromatic carbocycles. The molecule has 0 aliphatic carbocycles. The first kappa shape index (κ1) is 19.4. The number of sulfonamides is 1. The maximum atomic E-state index is 12.9. The molecule has 0 spiro atoms. The first-order valence-electron chi connectivity index (χ1n) is 8.32. The van der Waals surface area contributed by atoms with Gasteiger partial charge in [-0.3, -0.25) is 9.59 Å². The van der Waals surface area contributed by atoms with Gasteiger partial charge >= 0.3 is 0 Å². The first-order chi connectivity index (χ1) is 11.6. The van der Waals surface area contributed by atoms with Crippen molar-refractivity contribution >= 4 is 21.8 Å². The van der Waals surface area contributed by atoms with Crippen LogP contribution in [0.3, 0.4) is 0 Å². The van der Waals surface area contributed by atoms with Crippen LogP contribution in [0.5, 0.6) is 0 Å². The number of carbonyl (C=O) groups is 2. The van der Waals surface area contributed by atoms with E-state index in [4.69, 9.17) is 5.73 Å². The molecule has 2 rings (SSSR count). The van der Waals surface area contributed by atoms with E-state index in [0.717, 1.165) is 5.56 Å². The molecule has 0 unspecified atom stereocenters. The number of nitrogens with two attached hydrogens (primary N) is 1. The Labute approximate surface area is 148 Å². The highest BCUT2D eigenvalue weighted by atomic mass is 32.2. The first-order valence-corrected chi connectivity index (χ1v) is 9.76. The van der Waals surface area contributed by atoms with Crippen LogP contribution in [0, 0.1) is 6.92 Å². The minimum atomic E-state index is -3.77. The molecule has 1 aromatic rings. The molecule has 8 heteroatoms. The highest BCUT2D eigenvalue weighted by Gasteiger charge is 2.41. The van der Waals surface area contributed by atoms with Crippen molar-refractivity contribution in [2.75, 3.05) is 13.1 Å². The minimum Gasteiger partial charge on any atom is -0.368 e. The van der Waals surface area contributed by atoms with Crippen LogP contribution >= 0.6 is 0 Å². The largest absolute Gasteiger partial charge is 0.368 e. The molecule has 1 heterocycles. The lowest BCUT2D eigenvalue weighted by molar-refractivity contribution is -0.139. The molecule has 1 saturated heterocycles. The number of benzene rings is 1. The number of rotatable bonds is 6. The number of hydrogen-bond donors (Lipinski definition) is 1. The lowest BCUT2D eigenvalue weighted by Gasteiger charge is -2.31. The maximum Gasteiger partial charge on any atom is 0.243 e. The van der Waals surface area contributed by atoms with Crippen molar-refractivity contribution in [1.29, 1.82) is 0 Å². The summed E-state index contributed by atoms with van der Waals surface area (Å²) in [4.78, 5) is 25.7. The van der Waals surface area contributed by atoms with E-state index in [1.54, 1.807) is 38.1 Å². The number of aryl methyl sites for hydroxylation is 1. The zero-order valence-electron chi connectivity index (χ0n) is 14.8. The van der Waals surface area contributed by atoms with Crippen molar-refractivity contribution < 1.29 is 18.0 Å². The van der Waals surface area contributed by atoms with Gasteiger partial charge in [-0.2, -0.15) is 4.31 Å². The molecule has 0 radical (unpaired) electrons. The second-order valence-corrected chi connectivity index (χ2v) is 8.50. The Kier molecular flexibility index (Phi) is 5.84. The fourth-order valence-electron chi connectivity index (χ4n) is 2.99. The van der Waals surface area contributed by atoms with Crippen LogP contribution in [-0.2, 0) is 19.6 Å². The summed E-state index contributed by atoms with van der Waals surface area (Å²) >= 11 is 0. The molecule has 2 amide bonds. The Hall–Kier alpha value is -1.93. The molecule has 2 N–H and O–H groups in total. The molecule has 25 heavy (non-hydrogen) atoms.